The van der Waals surface area contributed by atoms with Gasteiger partial charge in [-0.1, -0.05) is 54.6 Å². The summed E-state index contributed by atoms with van der Waals surface area (Å²) in [5.74, 6) is -0.602. The Bertz CT molecular complexity index is 1240. The molecule has 0 unspecified atom stereocenters. The zero-order valence-corrected chi connectivity index (χ0v) is 20.3. The van der Waals surface area contributed by atoms with Crippen LogP contribution in [-0.2, 0) is 11.3 Å². The number of nitrogens with zero attached hydrogens (tertiary/aromatic N) is 2. The fraction of sp³-hybridized carbons (Fsp3) is 0.310. The molecule has 1 saturated heterocycles. The zero-order valence-electron chi connectivity index (χ0n) is 20.3. The molecule has 7 heteroatoms. The lowest BCUT2D eigenvalue weighted by Crippen LogP contribution is -2.52. The number of nitrogens with one attached hydrogen (secondary N) is 1. The van der Waals surface area contributed by atoms with Gasteiger partial charge in [0.25, 0.3) is 11.8 Å². The molecule has 0 saturated carbocycles. The van der Waals surface area contributed by atoms with Gasteiger partial charge in [-0.15, -0.1) is 0 Å². The highest BCUT2D eigenvalue weighted by Gasteiger charge is 2.39. The van der Waals surface area contributed by atoms with Crippen LogP contribution in [0.15, 0.2) is 72.8 Å². The smallest absolute Gasteiger partial charge is 0.268 e. The monoisotopic (exact) mass is 485 g/mol. The van der Waals surface area contributed by atoms with E-state index in [0.29, 0.717) is 11.5 Å². The third-order valence-electron chi connectivity index (χ3n) is 7.44. The van der Waals surface area contributed by atoms with E-state index in [4.69, 9.17) is 5.21 Å². The molecule has 186 valence electrons. The zero-order chi connectivity index (χ0) is 25.2. The Balaban J connectivity index is 1.24. The van der Waals surface area contributed by atoms with Crippen molar-refractivity contribution in [1.82, 2.24) is 10.4 Å². The summed E-state index contributed by atoms with van der Waals surface area (Å²) in [5, 5.41) is 19.1. The molecular weight excluding hydrogens is 454 g/mol. The highest BCUT2D eigenvalue weighted by molar-refractivity contribution is 6.01. The first kappa shape index (κ1) is 24.0. The van der Waals surface area contributed by atoms with Crippen LogP contribution in [0, 0.1) is 0 Å². The van der Waals surface area contributed by atoms with E-state index >= 15 is 0 Å². The molecule has 0 aromatic heterocycles. The second-order valence-corrected chi connectivity index (χ2v) is 9.69. The number of piperidine rings is 1. The van der Waals surface area contributed by atoms with E-state index < -0.39 is 18.1 Å². The minimum atomic E-state index is -1.15. The maximum Gasteiger partial charge on any atom is 0.268 e. The second kappa shape index (κ2) is 10.1. The van der Waals surface area contributed by atoms with Crippen molar-refractivity contribution < 1.29 is 19.9 Å². The first-order chi connectivity index (χ1) is 17.5. The second-order valence-electron chi connectivity index (χ2n) is 9.69. The van der Waals surface area contributed by atoms with Gasteiger partial charge in [-0.05, 0) is 66.1 Å². The van der Waals surface area contributed by atoms with Crippen molar-refractivity contribution in [3.63, 3.8) is 0 Å². The maximum atomic E-state index is 12.9. The molecule has 2 amide bonds. The van der Waals surface area contributed by atoms with E-state index in [9.17, 15) is 14.7 Å². The summed E-state index contributed by atoms with van der Waals surface area (Å²) in [6.45, 7) is 3.49. The van der Waals surface area contributed by atoms with Gasteiger partial charge in [0.15, 0.2) is 0 Å². The van der Waals surface area contributed by atoms with E-state index in [1.165, 1.54) is 28.5 Å². The first-order valence-corrected chi connectivity index (χ1v) is 12.4. The number of carbonyl (C=O) groups is 2. The van der Waals surface area contributed by atoms with Crippen LogP contribution in [0.2, 0.25) is 0 Å². The van der Waals surface area contributed by atoms with Gasteiger partial charge in [0.2, 0.25) is 0 Å². The van der Waals surface area contributed by atoms with Crippen molar-refractivity contribution in [3.8, 4) is 11.1 Å². The number of carbonyl (C=O) groups excluding carboxylic acids is 2. The number of aliphatic hydroxyl groups excluding tert-OH is 1. The van der Waals surface area contributed by atoms with Gasteiger partial charge in [-0.25, -0.2) is 5.48 Å². The van der Waals surface area contributed by atoms with E-state index in [1.54, 1.807) is 11.5 Å². The van der Waals surface area contributed by atoms with E-state index in [2.05, 4.69) is 53.4 Å². The quantitative estimate of drug-likeness (QED) is 0.363. The highest BCUT2D eigenvalue weighted by atomic mass is 16.5. The van der Waals surface area contributed by atoms with Gasteiger partial charge in [-0.2, -0.15) is 0 Å². The Labute approximate surface area is 210 Å². The van der Waals surface area contributed by atoms with Crippen LogP contribution < -0.4 is 10.4 Å². The molecule has 7 nitrogen and oxygen atoms in total. The Hall–Kier alpha value is -3.68. The molecule has 2 aliphatic heterocycles. The minimum Gasteiger partial charge on any atom is -0.391 e. The molecule has 0 aliphatic carbocycles. The third kappa shape index (κ3) is 4.59. The summed E-state index contributed by atoms with van der Waals surface area (Å²) in [5.41, 5.74) is 7.80. The van der Waals surface area contributed by atoms with Crippen LogP contribution in [0.25, 0.3) is 11.1 Å². The lowest BCUT2D eigenvalue weighted by atomic mass is 9.88. The molecule has 5 rings (SSSR count). The molecule has 2 heterocycles. The standard InChI is InChI=1S/C29H31N3O4/c1-19(33)27(28(34)30-36)32-18-24-17-25(11-12-26(24)29(32)35)31-15-13-23(14-16-31)22-9-7-21(8-10-22)20-5-3-2-4-6-20/h2-12,17,19,23,27,33,36H,13-16,18H2,1H3,(H,30,34)/t19-,27+/m1/s1. The molecule has 2 atom stereocenters. The van der Waals surface area contributed by atoms with E-state index in [0.717, 1.165) is 37.2 Å². The van der Waals surface area contributed by atoms with Gasteiger partial charge in [0.05, 0.1) is 6.10 Å². The lowest BCUT2D eigenvalue weighted by molar-refractivity contribution is -0.137. The summed E-state index contributed by atoms with van der Waals surface area (Å²) in [6.07, 6.45) is 0.983. The fourth-order valence-electron chi connectivity index (χ4n) is 5.49. The molecule has 3 aromatic carbocycles. The van der Waals surface area contributed by atoms with Crippen molar-refractivity contribution in [2.75, 3.05) is 18.0 Å². The average Bonchev–Trinajstić information content (AvgIpc) is 3.24. The fourth-order valence-corrected chi connectivity index (χ4v) is 5.49. The van der Waals surface area contributed by atoms with E-state index in [-0.39, 0.29) is 12.5 Å². The highest BCUT2D eigenvalue weighted by Crippen LogP contribution is 2.34. The number of hydroxylamine groups is 1. The van der Waals surface area contributed by atoms with Gasteiger partial charge >= 0.3 is 0 Å². The van der Waals surface area contributed by atoms with Crippen molar-refractivity contribution in [2.45, 2.75) is 44.4 Å². The van der Waals surface area contributed by atoms with Gasteiger partial charge in [0, 0.05) is 30.9 Å². The number of benzene rings is 3. The predicted octanol–water partition coefficient (Wildman–Crippen LogP) is 3.95. The predicted molar refractivity (Wildman–Crippen MR) is 138 cm³/mol. The Morgan fingerprint density at radius 3 is 2.28 bits per heavy atom. The number of hydrogen-bond donors (Lipinski definition) is 3. The summed E-state index contributed by atoms with van der Waals surface area (Å²) in [4.78, 5) is 28.6. The minimum absolute atomic E-state index is 0.217. The normalized spacial score (nSPS) is 17.6. The van der Waals surface area contributed by atoms with Crippen LogP contribution in [0.3, 0.4) is 0 Å². The SMILES string of the molecule is C[C@@H](O)[C@@H](C(=O)NO)N1Cc2cc(N3CCC(c4ccc(-c5ccccc5)cc4)CC3)ccc2C1=O. The largest absolute Gasteiger partial charge is 0.391 e. The number of hydrogen-bond acceptors (Lipinski definition) is 5. The van der Waals surface area contributed by atoms with Gasteiger partial charge in [-0.3, -0.25) is 14.8 Å². The Morgan fingerprint density at radius 2 is 1.64 bits per heavy atom. The molecule has 36 heavy (non-hydrogen) atoms. The summed E-state index contributed by atoms with van der Waals surface area (Å²) in [6, 6.07) is 23.9. The van der Waals surface area contributed by atoms with Crippen LogP contribution in [0.4, 0.5) is 5.69 Å². The summed E-state index contributed by atoms with van der Waals surface area (Å²) < 4.78 is 0. The Morgan fingerprint density at radius 1 is 0.972 bits per heavy atom. The van der Waals surface area contributed by atoms with Crippen LogP contribution in [0.5, 0.6) is 0 Å². The van der Waals surface area contributed by atoms with E-state index in [1.807, 2.05) is 18.2 Å². The molecule has 3 N–H and O–H groups in total. The maximum absolute atomic E-state index is 12.9. The summed E-state index contributed by atoms with van der Waals surface area (Å²) in [7, 11) is 0. The van der Waals surface area contributed by atoms with Crippen LogP contribution in [-0.4, -0.2) is 52.3 Å². The van der Waals surface area contributed by atoms with Crippen molar-refractivity contribution in [3.05, 3.63) is 89.5 Å². The topological polar surface area (TPSA) is 93.1 Å². The van der Waals surface area contributed by atoms with Gasteiger partial charge in [0.1, 0.15) is 6.04 Å². The number of fused-ring (bicyclic) bond motifs is 1. The Kier molecular flexibility index (Phi) is 6.76. The van der Waals surface area contributed by atoms with Gasteiger partial charge < -0.3 is 14.9 Å². The molecule has 1 fully saturated rings. The summed E-state index contributed by atoms with van der Waals surface area (Å²) >= 11 is 0. The molecule has 3 aromatic rings. The molecule has 0 radical (unpaired) electrons. The number of aliphatic hydroxyl groups is 1. The molecular formula is C29H31N3O4. The van der Waals surface area contributed by atoms with Crippen molar-refractivity contribution in [1.29, 1.82) is 0 Å². The van der Waals surface area contributed by atoms with Crippen LogP contribution in [0.1, 0.15) is 47.2 Å². The molecule has 0 bridgehead atoms. The molecule has 2 aliphatic rings. The lowest BCUT2D eigenvalue weighted by Gasteiger charge is -2.34. The van der Waals surface area contributed by atoms with Crippen molar-refractivity contribution >= 4 is 17.5 Å². The first-order valence-electron chi connectivity index (χ1n) is 12.4. The number of anilines is 1. The number of amides is 2. The van der Waals surface area contributed by atoms with Crippen molar-refractivity contribution in [2.24, 2.45) is 0 Å². The number of rotatable bonds is 6. The molecule has 0 spiro atoms. The third-order valence-corrected chi connectivity index (χ3v) is 7.44. The van der Waals surface area contributed by atoms with Crippen LogP contribution >= 0.6 is 0 Å². The average molecular weight is 486 g/mol.